The van der Waals surface area contributed by atoms with Gasteiger partial charge >= 0.3 is 112 Å². The van der Waals surface area contributed by atoms with E-state index in [4.69, 9.17) is 0 Å². The molecule has 0 spiro atoms. The van der Waals surface area contributed by atoms with Gasteiger partial charge in [-0.25, -0.2) is 12.2 Å². The Morgan fingerprint density at radius 1 is 0.600 bits per heavy atom. The van der Waals surface area contributed by atoms with Gasteiger partial charge in [-0.2, -0.15) is 23.8 Å². The van der Waals surface area contributed by atoms with Crippen LogP contribution in [0.3, 0.4) is 0 Å². The number of rotatable bonds is 4. The zero-order valence-electron chi connectivity index (χ0n) is 33.1. The Morgan fingerprint density at radius 3 is 1.48 bits per heavy atom. The van der Waals surface area contributed by atoms with E-state index in [1.807, 2.05) is 12.2 Å². The average molecular weight is 740 g/mol. The summed E-state index contributed by atoms with van der Waals surface area (Å²) in [5.74, 6) is 0. The molecule has 0 aliphatic heterocycles. The van der Waals surface area contributed by atoms with Gasteiger partial charge in [0.2, 0.25) is 0 Å². The van der Waals surface area contributed by atoms with Crippen LogP contribution in [0.5, 0.6) is 0 Å². The van der Waals surface area contributed by atoms with Crippen molar-refractivity contribution in [1.82, 2.24) is 0 Å². The number of allylic oxidation sites excluding steroid dienone is 4. The third-order valence-electron chi connectivity index (χ3n) is 9.34. The molecular formula is C49H60Zr. The van der Waals surface area contributed by atoms with Gasteiger partial charge in [-0.1, -0.05) is 106 Å². The molecule has 1 heteroatoms. The molecule has 50 heavy (non-hydrogen) atoms. The van der Waals surface area contributed by atoms with Crippen LogP contribution in [0.1, 0.15) is 134 Å². The summed E-state index contributed by atoms with van der Waals surface area (Å²) in [6, 6.07) is 32.8. The average Bonchev–Trinajstić information content (AvgIpc) is 3.71. The van der Waals surface area contributed by atoms with Gasteiger partial charge in [0, 0.05) is 0 Å². The monoisotopic (exact) mass is 738 g/mol. The fourth-order valence-corrected chi connectivity index (χ4v) is 7.72. The van der Waals surface area contributed by atoms with E-state index in [9.17, 15) is 0 Å². The van der Waals surface area contributed by atoms with E-state index in [1.165, 1.54) is 55.6 Å². The maximum absolute atomic E-state index is 3.90. The number of benzene rings is 4. The van der Waals surface area contributed by atoms with E-state index >= 15 is 0 Å². The summed E-state index contributed by atoms with van der Waals surface area (Å²) in [6.07, 6.45) is 13.2. The molecule has 0 saturated carbocycles. The van der Waals surface area contributed by atoms with Crippen LogP contribution in [0.4, 0.5) is 0 Å². The molecule has 0 amide bonds. The fraction of sp³-hybridized carbons (Fsp3) is 0.408. The molecule has 0 saturated heterocycles. The molecule has 0 heterocycles. The molecule has 2 aliphatic carbocycles. The Morgan fingerprint density at radius 2 is 1.08 bits per heavy atom. The molecule has 2 aliphatic rings. The summed E-state index contributed by atoms with van der Waals surface area (Å²) in [6.45, 7) is 28.0. The van der Waals surface area contributed by atoms with Crippen LogP contribution in [0.2, 0.25) is 0 Å². The van der Waals surface area contributed by atoms with Crippen LogP contribution in [-0.4, -0.2) is 3.21 Å². The Hall–Kier alpha value is -2.89. The van der Waals surface area contributed by atoms with Gasteiger partial charge < -0.3 is 0 Å². The van der Waals surface area contributed by atoms with Gasteiger partial charge in [0.25, 0.3) is 0 Å². The van der Waals surface area contributed by atoms with Crippen molar-refractivity contribution in [1.29, 1.82) is 0 Å². The van der Waals surface area contributed by atoms with Crippen molar-refractivity contribution in [2.24, 2.45) is 0 Å². The Labute approximate surface area is 320 Å². The molecule has 0 radical (unpaired) electrons. The maximum atomic E-state index is 3.90. The summed E-state index contributed by atoms with van der Waals surface area (Å²) in [5, 5.41) is 0. The third kappa shape index (κ3) is 10.8. The zero-order chi connectivity index (χ0) is 36.9. The second-order valence-electron chi connectivity index (χ2n) is 18.1. The fourth-order valence-electron chi connectivity index (χ4n) is 6.71. The predicted octanol–water partition coefficient (Wildman–Crippen LogP) is 12.7. The van der Waals surface area contributed by atoms with Crippen LogP contribution in [0.25, 0.3) is 11.1 Å². The minimum atomic E-state index is 0.0968. The number of hydrogen-bond donors (Lipinski definition) is 0. The normalized spacial score (nSPS) is 13.6. The van der Waals surface area contributed by atoms with Gasteiger partial charge in [0.15, 0.2) is 0 Å². The van der Waals surface area contributed by atoms with Crippen LogP contribution >= 0.6 is 0 Å². The number of hydrogen-bond acceptors (Lipinski definition) is 0. The Bertz CT molecular complexity index is 1670. The molecule has 4 aromatic rings. The second kappa shape index (κ2) is 16.2. The molecule has 0 N–H and O–H groups in total. The summed E-state index contributed by atoms with van der Waals surface area (Å²) in [4.78, 5) is 0. The van der Waals surface area contributed by atoms with E-state index in [2.05, 4.69) is 180 Å². The van der Waals surface area contributed by atoms with Crippen molar-refractivity contribution >= 4 is 3.21 Å². The van der Waals surface area contributed by atoms with E-state index in [0.717, 1.165) is 25.7 Å². The van der Waals surface area contributed by atoms with Crippen molar-refractivity contribution in [3.8, 4) is 11.1 Å². The van der Waals surface area contributed by atoms with E-state index in [1.54, 1.807) is 27.4 Å². The van der Waals surface area contributed by atoms with Crippen molar-refractivity contribution in [3.05, 3.63) is 154 Å². The molecule has 6 rings (SSSR count). The van der Waals surface area contributed by atoms with Crippen LogP contribution in [0, 0.1) is 12.1 Å². The molecule has 0 unspecified atom stereocenters. The molecule has 0 nitrogen and oxygen atoms in total. The molecule has 0 aromatic heterocycles. The van der Waals surface area contributed by atoms with Gasteiger partial charge in [-0.05, 0) is 39.4 Å². The van der Waals surface area contributed by atoms with E-state index in [-0.39, 0.29) is 21.7 Å². The van der Waals surface area contributed by atoms with Gasteiger partial charge in [0.05, 0.1) is 0 Å². The molecule has 0 bridgehead atoms. The summed E-state index contributed by atoms with van der Waals surface area (Å²) in [5.41, 5.74) is 14.8. The Balaban J connectivity index is 0.000000221. The molecule has 260 valence electrons. The first-order chi connectivity index (χ1) is 23.2. The van der Waals surface area contributed by atoms with E-state index < -0.39 is 0 Å². The summed E-state index contributed by atoms with van der Waals surface area (Å²) >= 11 is 1.55. The van der Waals surface area contributed by atoms with Crippen molar-refractivity contribution in [3.63, 3.8) is 0 Å². The summed E-state index contributed by atoms with van der Waals surface area (Å²) < 4.78 is 1.60. The molecule has 0 fully saturated rings. The molecule has 4 aromatic carbocycles. The molecule has 0 atom stereocenters. The summed E-state index contributed by atoms with van der Waals surface area (Å²) in [7, 11) is 0. The first-order valence-electron chi connectivity index (χ1n) is 18.4. The van der Waals surface area contributed by atoms with Crippen molar-refractivity contribution < 1.29 is 24.2 Å². The van der Waals surface area contributed by atoms with Crippen LogP contribution in [-0.2, 0) is 65.2 Å². The topological polar surface area (TPSA) is 0 Å². The second-order valence-corrected chi connectivity index (χ2v) is 19.9. The predicted molar refractivity (Wildman–Crippen MR) is 215 cm³/mol. The van der Waals surface area contributed by atoms with E-state index in [0.29, 0.717) is 0 Å². The van der Waals surface area contributed by atoms with Gasteiger partial charge in [-0.15, -0.1) is 23.1 Å². The first-order valence-corrected chi connectivity index (χ1v) is 19.6. The van der Waals surface area contributed by atoms with Gasteiger partial charge in [0.1, 0.15) is 0 Å². The molecular weight excluding hydrogens is 680 g/mol. The van der Waals surface area contributed by atoms with Gasteiger partial charge in [-0.3, -0.25) is 6.08 Å². The standard InChI is InChI=1S/C29H41.C15H14.C5H5.Zr/c1-26(2,3)22-14-18-13-19-15-23(27(4,5)6)25(29(10,11)12)17-21(19)20(18)16-24(22)28(7,8)9;1-3-8-14(9-4-1)12-7-13-15-10-5-2-6-11-15;1-2-4-5-3-1;/h14,16-17H,13H2,1-12H3;1-6,8-11H,12-13H2;1-3H,4H2;/q-1;;-1;+2. The first kappa shape index (κ1) is 39.9. The Kier molecular flexibility index (Phi) is 12.9. The van der Waals surface area contributed by atoms with Crippen LogP contribution in [0.15, 0.2) is 97.1 Å². The van der Waals surface area contributed by atoms with Crippen LogP contribution < -0.4 is 0 Å². The van der Waals surface area contributed by atoms with Crippen molar-refractivity contribution in [2.75, 3.05) is 0 Å². The zero-order valence-corrected chi connectivity index (χ0v) is 35.5. The third-order valence-corrected chi connectivity index (χ3v) is 10.2. The number of fused-ring (bicyclic) bond motifs is 3. The van der Waals surface area contributed by atoms with Crippen molar-refractivity contribution in [2.45, 2.75) is 130 Å². The minimum absolute atomic E-state index is 0.0968. The quantitative estimate of drug-likeness (QED) is 0.161. The SMILES string of the molecule is CC(C)(C)c1[c-]c2c(cc1C(C)(C)C)-c1cc(C(C)(C)C)c(C(C)(C)C)cc1C2.[C-]1=CC=CC1.[Zr+2]=[C](Cc1ccccc1)Cc1ccccc1.